The van der Waals surface area contributed by atoms with Gasteiger partial charge in [-0.05, 0) is 33.1 Å². The molecule has 0 bridgehead atoms. The van der Waals surface area contributed by atoms with Crippen LogP contribution in [-0.2, 0) is 9.53 Å². The monoisotopic (exact) mass is 295 g/mol. The van der Waals surface area contributed by atoms with Gasteiger partial charge in [-0.2, -0.15) is 0 Å². The highest BCUT2D eigenvalue weighted by atomic mass is 16.6. The number of amides is 4. The van der Waals surface area contributed by atoms with Crippen molar-refractivity contribution >= 4 is 18.0 Å². The van der Waals surface area contributed by atoms with E-state index in [-0.39, 0.29) is 24.1 Å². The van der Waals surface area contributed by atoms with Crippen LogP contribution in [0, 0.1) is 0 Å². The summed E-state index contributed by atoms with van der Waals surface area (Å²) in [7, 11) is 0. The Bertz CT molecular complexity index is 495. The Morgan fingerprint density at radius 2 is 2.14 bits per heavy atom. The van der Waals surface area contributed by atoms with Crippen LogP contribution >= 0.6 is 0 Å². The van der Waals surface area contributed by atoms with Crippen LogP contribution in [0.4, 0.5) is 9.59 Å². The Morgan fingerprint density at radius 1 is 1.38 bits per heavy atom. The summed E-state index contributed by atoms with van der Waals surface area (Å²) in [6.45, 7) is 5.48. The van der Waals surface area contributed by atoms with Gasteiger partial charge in [0.1, 0.15) is 5.54 Å². The highest BCUT2D eigenvalue weighted by Gasteiger charge is 2.58. The Kier molecular flexibility index (Phi) is 3.30. The van der Waals surface area contributed by atoms with Crippen molar-refractivity contribution in [3.05, 3.63) is 0 Å². The molecule has 2 atom stereocenters. The lowest BCUT2D eigenvalue weighted by Gasteiger charge is -2.23. The van der Waals surface area contributed by atoms with Crippen molar-refractivity contribution in [2.75, 3.05) is 26.2 Å². The van der Waals surface area contributed by atoms with Gasteiger partial charge in [-0.15, -0.1) is 0 Å². The SMILES string of the molecule is CCOC(=O)N1CC[C@H](N2C(=O)N3CCC[C@]3(C)C2=O)C1. The number of rotatable bonds is 2. The third-order valence-electron chi connectivity index (χ3n) is 4.81. The van der Waals surface area contributed by atoms with Crippen molar-refractivity contribution in [2.45, 2.75) is 44.7 Å². The molecule has 3 fully saturated rings. The minimum Gasteiger partial charge on any atom is -0.450 e. The van der Waals surface area contributed by atoms with Gasteiger partial charge in [0.05, 0.1) is 12.6 Å². The van der Waals surface area contributed by atoms with Gasteiger partial charge in [-0.1, -0.05) is 0 Å². The van der Waals surface area contributed by atoms with E-state index >= 15 is 0 Å². The van der Waals surface area contributed by atoms with Crippen LogP contribution in [0.5, 0.6) is 0 Å². The lowest BCUT2D eigenvalue weighted by Crippen LogP contribution is -2.45. The normalized spacial score (nSPS) is 32.1. The maximum atomic E-state index is 12.6. The fraction of sp³-hybridized carbons (Fsp3) is 0.786. The third-order valence-corrected chi connectivity index (χ3v) is 4.81. The van der Waals surface area contributed by atoms with E-state index in [1.165, 1.54) is 4.90 Å². The molecule has 3 aliphatic rings. The summed E-state index contributed by atoms with van der Waals surface area (Å²) in [5.41, 5.74) is -0.672. The van der Waals surface area contributed by atoms with E-state index in [9.17, 15) is 14.4 Å². The van der Waals surface area contributed by atoms with Gasteiger partial charge < -0.3 is 14.5 Å². The van der Waals surface area contributed by atoms with E-state index in [2.05, 4.69) is 0 Å². The minimum absolute atomic E-state index is 0.110. The number of urea groups is 1. The molecule has 21 heavy (non-hydrogen) atoms. The first-order valence-electron chi connectivity index (χ1n) is 7.56. The number of hydrogen-bond acceptors (Lipinski definition) is 4. The lowest BCUT2D eigenvalue weighted by molar-refractivity contribution is -0.133. The third kappa shape index (κ3) is 1.98. The van der Waals surface area contributed by atoms with Crippen molar-refractivity contribution in [2.24, 2.45) is 0 Å². The van der Waals surface area contributed by atoms with Gasteiger partial charge in [0.2, 0.25) is 0 Å². The van der Waals surface area contributed by atoms with Gasteiger partial charge >= 0.3 is 12.1 Å². The highest BCUT2D eigenvalue weighted by Crippen LogP contribution is 2.39. The number of carbonyl (C=O) groups excluding carboxylic acids is 3. The molecule has 4 amide bonds. The number of ether oxygens (including phenoxy) is 1. The second kappa shape index (κ2) is 4.89. The van der Waals surface area contributed by atoms with Crippen molar-refractivity contribution in [3.8, 4) is 0 Å². The van der Waals surface area contributed by atoms with E-state index in [4.69, 9.17) is 4.74 Å². The molecule has 0 aromatic heterocycles. The summed E-state index contributed by atoms with van der Waals surface area (Å²) in [5.74, 6) is -0.110. The smallest absolute Gasteiger partial charge is 0.409 e. The topological polar surface area (TPSA) is 70.2 Å². The number of likely N-dealkylation sites (tertiary alicyclic amines) is 1. The van der Waals surface area contributed by atoms with Crippen LogP contribution < -0.4 is 0 Å². The van der Waals surface area contributed by atoms with Gasteiger partial charge in [-0.25, -0.2) is 9.59 Å². The predicted molar refractivity (Wildman–Crippen MR) is 73.6 cm³/mol. The summed E-state index contributed by atoms with van der Waals surface area (Å²) in [5, 5.41) is 0. The molecule has 3 heterocycles. The van der Waals surface area contributed by atoms with Crippen molar-refractivity contribution in [3.63, 3.8) is 0 Å². The molecule has 0 radical (unpaired) electrons. The molecular formula is C14H21N3O4. The zero-order chi connectivity index (χ0) is 15.2. The van der Waals surface area contributed by atoms with Crippen molar-refractivity contribution in [1.82, 2.24) is 14.7 Å². The fourth-order valence-corrected chi connectivity index (χ4v) is 3.62. The number of carbonyl (C=O) groups is 3. The molecule has 7 nitrogen and oxygen atoms in total. The molecule has 0 aromatic carbocycles. The second-order valence-electron chi connectivity index (χ2n) is 6.07. The predicted octanol–water partition coefficient (Wildman–Crippen LogP) is 1.03. The van der Waals surface area contributed by atoms with Crippen molar-refractivity contribution in [1.29, 1.82) is 0 Å². The summed E-state index contributed by atoms with van der Waals surface area (Å²) in [4.78, 5) is 41.5. The average molecular weight is 295 g/mol. The molecule has 3 saturated heterocycles. The van der Waals surface area contributed by atoms with Crippen LogP contribution in [0.25, 0.3) is 0 Å². The maximum absolute atomic E-state index is 12.6. The van der Waals surface area contributed by atoms with Gasteiger partial charge in [0.15, 0.2) is 0 Å². The molecular weight excluding hydrogens is 274 g/mol. The lowest BCUT2D eigenvalue weighted by atomic mass is 9.99. The first-order valence-corrected chi connectivity index (χ1v) is 7.56. The van der Waals surface area contributed by atoms with E-state index in [1.807, 2.05) is 6.92 Å². The average Bonchev–Trinajstić information content (AvgIpc) is 3.10. The quantitative estimate of drug-likeness (QED) is 0.714. The Hall–Kier alpha value is -1.79. The van der Waals surface area contributed by atoms with Crippen LogP contribution in [0.1, 0.15) is 33.1 Å². The molecule has 0 N–H and O–H groups in total. The standard InChI is InChI=1S/C14H21N3O4/c1-3-21-13(20)15-8-5-10(9-15)17-11(18)14(2)6-4-7-16(14)12(17)19/h10H,3-9H2,1-2H3/t10-,14+/m0/s1. The van der Waals surface area contributed by atoms with Crippen LogP contribution in [0.15, 0.2) is 0 Å². The Balaban J connectivity index is 1.73. The molecule has 0 saturated carbocycles. The highest BCUT2D eigenvalue weighted by molar-refractivity contribution is 6.07. The molecule has 3 aliphatic heterocycles. The summed E-state index contributed by atoms with van der Waals surface area (Å²) >= 11 is 0. The van der Waals surface area contributed by atoms with Crippen LogP contribution in [0.2, 0.25) is 0 Å². The minimum atomic E-state index is -0.672. The molecule has 0 unspecified atom stereocenters. The van der Waals surface area contributed by atoms with Crippen LogP contribution in [0.3, 0.4) is 0 Å². The van der Waals surface area contributed by atoms with E-state index in [1.54, 1.807) is 16.7 Å². The first kappa shape index (κ1) is 14.2. The van der Waals surface area contributed by atoms with Gasteiger partial charge in [0, 0.05) is 19.6 Å². The largest absolute Gasteiger partial charge is 0.450 e. The second-order valence-corrected chi connectivity index (χ2v) is 6.07. The van der Waals surface area contributed by atoms with E-state index in [0.717, 1.165) is 12.8 Å². The molecule has 116 valence electrons. The summed E-state index contributed by atoms with van der Waals surface area (Å²) in [6.07, 6.45) is 1.86. The van der Waals surface area contributed by atoms with Crippen molar-refractivity contribution < 1.29 is 19.1 Å². The molecule has 0 aliphatic carbocycles. The number of fused-ring (bicyclic) bond motifs is 1. The molecule has 0 aromatic rings. The Morgan fingerprint density at radius 3 is 2.81 bits per heavy atom. The maximum Gasteiger partial charge on any atom is 0.409 e. The zero-order valence-electron chi connectivity index (χ0n) is 12.5. The van der Waals surface area contributed by atoms with Gasteiger partial charge in [-0.3, -0.25) is 9.69 Å². The molecule has 0 spiro atoms. The number of imide groups is 1. The summed E-state index contributed by atoms with van der Waals surface area (Å²) in [6, 6.07) is -0.424. The number of nitrogens with zero attached hydrogens (tertiary/aromatic N) is 3. The van der Waals surface area contributed by atoms with E-state index in [0.29, 0.717) is 32.7 Å². The van der Waals surface area contributed by atoms with E-state index < -0.39 is 5.54 Å². The summed E-state index contributed by atoms with van der Waals surface area (Å²) < 4.78 is 4.97. The first-order chi connectivity index (χ1) is 9.99. The van der Waals surface area contributed by atoms with Gasteiger partial charge in [0.25, 0.3) is 5.91 Å². The Labute approximate surface area is 123 Å². The van der Waals surface area contributed by atoms with Crippen LogP contribution in [-0.4, -0.2) is 70.6 Å². The number of hydrogen-bond donors (Lipinski definition) is 0. The fourth-order valence-electron chi connectivity index (χ4n) is 3.62. The zero-order valence-corrected chi connectivity index (χ0v) is 12.5. The molecule has 7 heteroatoms. The molecule has 3 rings (SSSR count).